The molecule has 0 spiro atoms. The fourth-order valence-electron chi connectivity index (χ4n) is 1.37. The normalized spacial score (nSPS) is 11.4. The summed E-state index contributed by atoms with van der Waals surface area (Å²) >= 11 is 0. The van der Waals surface area contributed by atoms with Crippen molar-refractivity contribution in [2.75, 3.05) is 0 Å². The second-order valence-corrected chi connectivity index (χ2v) is 4.09. The van der Waals surface area contributed by atoms with Gasteiger partial charge in [-0.3, -0.25) is 10.1 Å². The quantitative estimate of drug-likeness (QED) is 0.551. The zero-order valence-electron chi connectivity index (χ0n) is 8.37. The van der Waals surface area contributed by atoms with Crippen LogP contribution in [0.15, 0.2) is 12.1 Å². The van der Waals surface area contributed by atoms with Crippen molar-refractivity contribution in [1.82, 2.24) is 0 Å². The highest BCUT2D eigenvalue weighted by molar-refractivity contribution is 5.51. The standard InChI is InChI=1S/C10H12NO3/c1-10(2,3)9-7(11(13)14)5-4-6-8(9)12/h4-5,12H,1-3H3. The second-order valence-electron chi connectivity index (χ2n) is 4.09. The van der Waals surface area contributed by atoms with E-state index in [1.807, 2.05) is 20.8 Å². The van der Waals surface area contributed by atoms with Gasteiger partial charge in [0.1, 0.15) is 5.75 Å². The molecule has 0 amide bonds. The topological polar surface area (TPSA) is 63.4 Å². The summed E-state index contributed by atoms with van der Waals surface area (Å²) in [7, 11) is 0. The number of nitro benzene ring substituents is 1. The Morgan fingerprint density at radius 3 is 2.43 bits per heavy atom. The number of hydrogen-bond acceptors (Lipinski definition) is 3. The largest absolute Gasteiger partial charge is 0.507 e. The Morgan fingerprint density at radius 2 is 2.07 bits per heavy atom. The average molecular weight is 194 g/mol. The summed E-state index contributed by atoms with van der Waals surface area (Å²) in [6.07, 6.45) is 0. The van der Waals surface area contributed by atoms with E-state index in [9.17, 15) is 15.2 Å². The van der Waals surface area contributed by atoms with E-state index in [0.29, 0.717) is 5.56 Å². The first-order chi connectivity index (χ1) is 6.34. The lowest BCUT2D eigenvalue weighted by Gasteiger charge is -2.19. The lowest BCUT2D eigenvalue weighted by atomic mass is 9.85. The van der Waals surface area contributed by atoms with Gasteiger partial charge in [0, 0.05) is 12.1 Å². The van der Waals surface area contributed by atoms with Crippen LogP contribution in [-0.2, 0) is 5.41 Å². The van der Waals surface area contributed by atoms with Gasteiger partial charge in [0.15, 0.2) is 0 Å². The van der Waals surface area contributed by atoms with Crippen molar-refractivity contribution < 1.29 is 10.0 Å². The van der Waals surface area contributed by atoms with Crippen LogP contribution >= 0.6 is 0 Å². The first-order valence-electron chi connectivity index (χ1n) is 4.22. The lowest BCUT2D eigenvalue weighted by molar-refractivity contribution is -0.386. The SMILES string of the molecule is CC(C)(C)c1c(O)[c]ccc1[N+](=O)[O-]. The second kappa shape index (κ2) is 3.29. The minimum atomic E-state index is -0.492. The molecule has 75 valence electrons. The molecule has 0 saturated heterocycles. The van der Waals surface area contributed by atoms with Crippen LogP contribution in [0.5, 0.6) is 5.75 Å². The van der Waals surface area contributed by atoms with Gasteiger partial charge in [0.2, 0.25) is 0 Å². The van der Waals surface area contributed by atoms with Crippen LogP contribution in [0.2, 0.25) is 0 Å². The van der Waals surface area contributed by atoms with Crippen molar-refractivity contribution >= 4 is 5.69 Å². The molecular formula is C10H12NO3. The fourth-order valence-corrected chi connectivity index (χ4v) is 1.37. The van der Waals surface area contributed by atoms with Crippen LogP contribution in [0.4, 0.5) is 5.69 Å². The van der Waals surface area contributed by atoms with Crippen LogP contribution in [0, 0.1) is 16.2 Å². The van der Waals surface area contributed by atoms with Crippen LogP contribution in [0.25, 0.3) is 0 Å². The molecule has 1 aromatic carbocycles. The molecule has 0 aliphatic heterocycles. The van der Waals surface area contributed by atoms with Crippen LogP contribution in [0.3, 0.4) is 0 Å². The number of nitro groups is 1. The van der Waals surface area contributed by atoms with Gasteiger partial charge < -0.3 is 5.11 Å². The van der Waals surface area contributed by atoms with Crippen molar-refractivity contribution in [2.45, 2.75) is 26.2 Å². The molecule has 1 N–H and O–H groups in total. The third-order valence-corrected chi connectivity index (χ3v) is 1.90. The average Bonchev–Trinajstić information content (AvgIpc) is 2.01. The van der Waals surface area contributed by atoms with Gasteiger partial charge in [0.05, 0.1) is 10.5 Å². The molecular weight excluding hydrogens is 182 g/mol. The van der Waals surface area contributed by atoms with Crippen molar-refractivity contribution in [3.05, 3.63) is 33.9 Å². The Kier molecular flexibility index (Phi) is 2.47. The van der Waals surface area contributed by atoms with Gasteiger partial charge in [0.25, 0.3) is 5.69 Å². The Bertz CT molecular complexity index is 366. The van der Waals surface area contributed by atoms with E-state index in [1.165, 1.54) is 12.1 Å². The molecule has 0 unspecified atom stereocenters. The van der Waals surface area contributed by atoms with Gasteiger partial charge >= 0.3 is 0 Å². The summed E-state index contributed by atoms with van der Waals surface area (Å²) in [6.45, 7) is 5.43. The molecule has 0 aliphatic rings. The minimum Gasteiger partial charge on any atom is -0.507 e. The minimum absolute atomic E-state index is 0.0613. The number of aromatic hydroxyl groups is 1. The van der Waals surface area contributed by atoms with Gasteiger partial charge in [-0.15, -0.1) is 0 Å². The Morgan fingerprint density at radius 1 is 1.50 bits per heavy atom. The lowest BCUT2D eigenvalue weighted by Crippen LogP contribution is -2.14. The van der Waals surface area contributed by atoms with Crippen LogP contribution in [-0.4, -0.2) is 10.0 Å². The molecule has 4 nitrogen and oxygen atoms in total. The number of nitrogens with zero attached hydrogens (tertiary/aromatic N) is 1. The number of phenols is 1. The molecule has 0 saturated carbocycles. The zero-order valence-corrected chi connectivity index (χ0v) is 8.37. The first-order valence-corrected chi connectivity index (χ1v) is 4.22. The van der Waals surface area contributed by atoms with E-state index >= 15 is 0 Å². The van der Waals surface area contributed by atoms with E-state index in [-0.39, 0.29) is 11.4 Å². The number of rotatable bonds is 1. The molecule has 0 aromatic heterocycles. The molecule has 14 heavy (non-hydrogen) atoms. The van der Waals surface area contributed by atoms with Crippen molar-refractivity contribution in [1.29, 1.82) is 0 Å². The van der Waals surface area contributed by atoms with Crippen molar-refractivity contribution in [2.24, 2.45) is 0 Å². The summed E-state index contributed by atoms with van der Waals surface area (Å²) in [5.41, 5.74) is -0.205. The summed E-state index contributed by atoms with van der Waals surface area (Å²) in [6, 6.07) is 5.25. The molecule has 0 aliphatic carbocycles. The molecule has 0 heterocycles. The predicted molar refractivity (Wildman–Crippen MR) is 52.3 cm³/mol. The maximum Gasteiger partial charge on any atom is 0.276 e. The molecule has 0 atom stereocenters. The highest BCUT2D eigenvalue weighted by Crippen LogP contribution is 2.37. The van der Waals surface area contributed by atoms with E-state index in [2.05, 4.69) is 6.07 Å². The highest BCUT2D eigenvalue weighted by Gasteiger charge is 2.27. The molecule has 4 heteroatoms. The monoisotopic (exact) mass is 194 g/mol. The summed E-state index contributed by atoms with van der Waals surface area (Å²) in [4.78, 5) is 10.2. The summed E-state index contributed by atoms with van der Waals surface area (Å²) in [5, 5.41) is 20.2. The smallest absolute Gasteiger partial charge is 0.276 e. The Hall–Kier alpha value is -1.58. The van der Waals surface area contributed by atoms with E-state index < -0.39 is 10.3 Å². The molecule has 0 fully saturated rings. The van der Waals surface area contributed by atoms with Gasteiger partial charge in [-0.1, -0.05) is 20.8 Å². The van der Waals surface area contributed by atoms with Crippen molar-refractivity contribution in [3.63, 3.8) is 0 Å². The van der Waals surface area contributed by atoms with Crippen LogP contribution < -0.4 is 0 Å². The van der Waals surface area contributed by atoms with Crippen molar-refractivity contribution in [3.8, 4) is 5.75 Å². The van der Waals surface area contributed by atoms with Gasteiger partial charge in [-0.05, 0) is 11.5 Å². The third-order valence-electron chi connectivity index (χ3n) is 1.90. The summed E-state index contributed by atoms with van der Waals surface area (Å²) in [5.74, 6) is -0.147. The zero-order chi connectivity index (χ0) is 10.9. The van der Waals surface area contributed by atoms with Crippen LogP contribution in [0.1, 0.15) is 26.3 Å². The van der Waals surface area contributed by atoms with E-state index in [0.717, 1.165) is 0 Å². The van der Waals surface area contributed by atoms with E-state index in [4.69, 9.17) is 0 Å². The predicted octanol–water partition coefficient (Wildman–Crippen LogP) is 2.40. The first kappa shape index (κ1) is 10.5. The number of phenolic OH excluding ortho intramolecular Hbond substituents is 1. The molecule has 1 radical (unpaired) electrons. The summed E-state index contributed by atoms with van der Waals surface area (Å²) < 4.78 is 0. The van der Waals surface area contributed by atoms with Gasteiger partial charge in [-0.25, -0.2) is 0 Å². The number of benzene rings is 1. The van der Waals surface area contributed by atoms with E-state index in [1.54, 1.807) is 0 Å². The number of hydrogen-bond donors (Lipinski definition) is 1. The Balaban J connectivity index is 3.45. The maximum absolute atomic E-state index is 10.7. The fraction of sp³-hybridized carbons (Fsp3) is 0.400. The molecule has 1 rings (SSSR count). The molecule has 1 aromatic rings. The molecule has 0 bridgehead atoms. The highest BCUT2D eigenvalue weighted by atomic mass is 16.6. The maximum atomic E-state index is 10.7. The third kappa shape index (κ3) is 1.84. The Labute approximate surface area is 82.3 Å². The van der Waals surface area contributed by atoms with Gasteiger partial charge in [-0.2, -0.15) is 0 Å².